The van der Waals surface area contributed by atoms with Gasteiger partial charge >= 0.3 is 0 Å². The molecular weight excluding hydrogens is 490 g/mol. The molecule has 2 aliphatic rings. The Bertz CT molecular complexity index is 1340. The smallest absolute Gasteiger partial charge is 0.270 e. The number of benzene rings is 1. The minimum absolute atomic E-state index is 0.0203. The summed E-state index contributed by atoms with van der Waals surface area (Å²) >= 11 is 11.8. The third-order valence-corrected chi connectivity index (χ3v) is 6.70. The van der Waals surface area contributed by atoms with E-state index in [1.54, 1.807) is 18.2 Å². The molecule has 6 rings (SSSR count). The van der Waals surface area contributed by atoms with Crippen molar-refractivity contribution in [2.75, 3.05) is 18.0 Å². The van der Waals surface area contributed by atoms with Gasteiger partial charge in [0.2, 0.25) is 0 Å². The molecule has 4 heterocycles. The number of amides is 1. The van der Waals surface area contributed by atoms with Crippen molar-refractivity contribution < 1.29 is 9.18 Å². The zero-order chi connectivity index (χ0) is 24.4. The number of carbonyl (C=O) groups excluding carboxylic acids is 1. The zero-order valence-electron chi connectivity index (χ0n) is 18.7. The number of fused-ring (bicyclic) bond motifs is 1. The van der Waals surface area contributed by atoms with Gasteiger partial charge in [-0.05, 0) is 49.6 Å². The number of imidazole rings is 1. The molecule has 0 unspecified atom stereocenters. The molecule has 1 N–H and O–H groups in total. The van der Waals surface area contributed by atoms with Crippen molar-refractivity contribution in [3.8, 4) is 0 Å². The van der Waals surface area contributed by atoms with Gasteiger partial charge in [0.15, 0.2) is 5.65 Å². The Balaban J connectivity index is 0.000000313. The van der Waals surface area contributed by atoms with Gasteiger partial charge in [0.05, 0.1) is 21.9 Å². The molecule has 1 aliphatic carbocycles. The maximum Gasteiger partial charge on any atom is 0.270 e. The van der Waals surface area contributed by atoms with E-state index in [2.05, 4.69) is 20.2 Å². The lowest BCUT2D eigenvalue weighted by molar-refractivity contribution is 0.0935. The molecule has 3 aromatic heterocycles. The highest BCUT2D eigenvalue weighted by Crippen LogP contribution is 2.40. The van der Waals surface area contributed by atoms with Crippen LogP contribution in [-0.2, 0) is 0 Å². The van der Waals surface area contributed by atoms with Crippen molar-refractivity contribution in [2.24, 2.45) is 0 Å². The Kier molecular flexibility index (Phi) is 6.83. The van der Waals surface area contributed by atoms with Crippen molar-refractivity contribution in [3.63, 3.8) is 0 Å². The van der Waals surface area contributed by atoms with E-state index in [1.807, 2.05) is 22.8 Å². The molecule has 1 saturated carbocycles. The standard InChI is InChI=1S/C19H18Cl2N6O.C6H5F/c20-13-7-15(22-8-14(13)21)19(28)24-12-5-6-26(10-12)18-4-3-17-23-9-16(11-1-2-11)27(17)25-18;7-6-4-2-1-3-5-6/h3-4,7-9,11-12H,1-2,5-6,10H2,(H,24,28);1-5H/t12-;/m0./s1. The average Bonchev–Trinajstić information content (AvgIpc) is 3.44. The molecule has 0 spiro atoms. The number of anilines is 1. The predicted octanol–water partition coefficient (Wildman–Crippen LogP) is 5.14. The molecule has 1 aliphatic heterocycles. The molecule has 35 heavy (non-hydrogen) atoms. The van der Waals surface area contributed by atoms with Crippen LogP contribution in [0.25, 0.3) is 5.65 Å². The molecule has 10 heteroatoms. The molecule has 7 nitrogen and oxygen atoms in total. The molecular formula is C25H23Cl2FN6O. The zero-order valence-corrected chi connectivity index (χ0v) is 20.3. The molecule has 180 valence electrons. The van der Waals surface area contributed by atoms with E-state index in [0.717, 1.165) is 24.4 Å². The van der Waals surface area contributed by atoms with Crippen molar-refractivity contribution in [1.82, 2.24) is 24.9 Å². The van der Waals surface area contributed by atoms with Gasteiger partial charge < -0.3 is 10.2 Å². The number of halogens is 3. The van der Waals surface area contributed by atoms with Gasteiger partial charge in [-0.15, -0.1) is 5.10 Å². The fourth-order valence-electron chi connectivity index (χ4n) is 4.01. The highest BCUT2D eigenvalue weighted by molar-refractivity contribution is 6.42. The SMILES string of the molecule is Fc1ccccc1.O=C(N[C@H]1CCN(c2ccc3ncc(C4CC4)n3n2)C1)c1cc(Cl)c(Cl)cn1. The number of nitrogens with one attached hydrogen (secondary N) is 1. The van der Waals surface area contributed by atoms with Crippen LogP contribution in [0.2, 0.25) is 10.0 Å². The second-order valence-corrected chi connectivity index (χ2v) is 9.42. The van der Waals surface area contributed by atoms with Gasteiger partial charge in [-0.25, -0.2) is 18.9 Å². The summed E-state index contributed by atoms with van der Waals surface area (Å²) in [4.78, 5) is 23.1. The van der Waals surface area contributed by atoms with Gasteiger partial charge in [0.25, 0.3) is 5.91 Å². The van der Waals surface area contributed by atoms with Crippen LogP contribution in [0.5, 0.6) is 0 Å². The summed E-state index contributed by atoms with van der Waals surface area (Å²) in [5.74, 6) is 1.06. The monoisotopic (exact) mass is 512 g/mol. The Morgan fingerprint density at radius 2 is 1.80 bits per heavy atom. The maximum absolute atomic E-state index is 12.5. The Labute approximate surface area is 211 Å². The van der Waals surface area contributed by atoms with Gasteiger partial charge in [-0.1, -0.05) is 41.4 Å². The van der Waals surface area contributed by atoms with E-state index in [4.69, 9.17) is 28.3 Å². The van der Waals surface area contributed by atoms with Crippen LogP contribution in [0.1, 0.15) is 41.4 Å². The number of rotatable bonds is 4. The number of hydrogen-bond acceptors (Lipinski definition) is 5. The first-order valence-electron chi connectivity index (χ1n) is 11.4. The molecule has 4 aromatic rings. The minimum Gasteiger partial charge on any atom is -0.353 e. The second-order valence-electron chi connectivity index (χ2n) is 8.60. The van der Waals surface area contributed by atoms with E-state index >= 15 is 0 Å². The number of hydrogen-bond donors (Lipinski definition) is 1. The van der Waals surface area contributed by atoms with Crippen LogP contribution < -0.4 is 10.2 Å². The van der Waals surface area contributed by atoms with Crippen LogP contribution in [-0.4, -0.2) is 44.6 Å². The second kappa shape index (κ2) is 10.2. The van der Waals surface area contributed by atoms with Crippen LogP contribution in [0.4, 0.5) is 10.2 Å². The fourth-order valence-corrected chi connectivity index (χ4v) is 4.26. The summed E-state index contributed by atoms with van der Waals surface area (Å²) in [5.41, 5.74) is 2.33. The number of aromatic nitrogens is 4. The summed E-state index contributed by atoms with van der Waals surface area (Å²) in [6, 6.07) is 13.4. The van der Waals surface area contributed by atoms with Crippen LogP contribution in [0, 0.1) is 5.82 Å². The summed E-state index contributed by atoms with van der Waals surface area (Å²) < 4.78 is 13.9. The Hall–Kier alpha value is -3.23. The molecule has 0 bridgehead atoms. The Morgan fingerprint density at radius 1 is 1.00 bits per heavy atom. The highest BCUT2D eigenvalue weighted by Gasteiger charge is 2.29. The fraction of sp³-hybridized carbons (Fsp3) is 0.280. The molecule has 1 aromatic carbocycles. The van der Waals surface area contributed by atoms with E-state index in [1.165, 1.54) is 42.9 Å². The summed E-state index contributed by atoms with van der Waals surface area (Å²) in [6.45, 7) is 1.52. The Morgan fingerprint density at radius 3 is 2.49 bits per heavy atom. The topological polar surface area (TPSA) is 75.4 Å². The van der Waals surface area contributed by atoms with E-state index < -0.39 is 0 Å². The molecule has 1 amide bonds. The van der Waals surface area contributed by atoms with Gasteiger partial charge in [0.1, 0.15) is 17.3 Å². The average molecular weight is 513 g/mol. The van der Waals surface area contributed by atoms with E-state index in [0.29, 0.717) is 22.5 Å². The van der Waals surface area contributed by atoms with Crippen molar-refractivity contribution in [3.05, 3.63) is 88.2 Å². The number of carbonyl (C=O) groups is 1. The lowest BCUT2D eigenvalue weighted by Gasteiger charge is -2.18. The quantitative estimate of drug-likeness (QED) is 0.409. The van der Waals surface area contributed by atoms with Crippen LogP contribution >= 0.6 is 23.2 Å². The number of pyridine rings is 1. The summed E-state index contributed by atoms with van der Waals surface area (Å²) in [5, 5.41) is 8.47. The van der Waals surface area contributed by atoms with Crippen molar-refractivity contribution >= 4 is 40.6 Å². The maximum atomic E-state index is 12.5. The van der Waals surface area contributed by atoms with Gasteiger partial charge in [-0.2, -0.15) is 0 Å². The normalized spacial score (nSPS) is 17.2. The molecule has 0 radical (unpaired) electrons. The molecule has 1 saturated heterocycles. The molecule has 2 fully saturated rings. The number of nitrogens with zero attached hydrogens (tertiary/aromatic N) is 5. The first-order valence-corrected chi connectivity index (χ1v) is 12.2. The third-order valence-electron chi connectivity index (χ3n) is 5.99. The van der Waals surface area contributed by atoms with Gasteiger partial charge in [0, 0.05) is 31.2 Å². The van der Waals surface area contributed by atoms with E-state index in [9.17, 15) is 9.18 Å². The minimum atomic E-state index is -0.251. The lowest BCUT2D eigenvalue weighted by atomic mass is 10.2. The molecule has 1 atom stereocenters. The van der Waals surface area contributed by atoms with Crippen LogP contribution in [0.15, 0.2) is 60.9 Å². The van der Waals surface area contributed by atoms with Crippen molar-refractivity contribution in [1.29, 1.82) is 0 Å². The van der Waals surface area contributed by atoms with Gasteiger partial charge in [-0.3, -0.25) is 4.79 Å². The first kappa shape index (κ1) is 23.5. The van der Waals surface area contributed by atoms with Crippen molar-refractivity contribution in [2.45, 2.75) is 31.2 Å². The van der Waals surface area contributed by atoms with Crippen LogP contribution in [0.3, 0.4) is 0 Å². The third kappa shape index (κ3) is 5.55. The largest absolute Gasteiger partial charge is 0.353 e. The lowest BCUT2D eigenvalue weighted by Crippen LogP contribution is -2.37. The predicted molar refractivity (Wildman–Crippen MR) is 134 cm³/mol. The first-order chi connectivity index (χ1) is 17.0. The summed E-state index contributed by atoms with van der Waals surface area (Å²) in [7, 11) is 0. The highest BCUT2D eigenvalue weighted by atomic mass is 35.5. The summed E-state index contributed by atoms with van der Waals surface area (Å²) in [6.07, 6.45) is 6.58. The van der Waals surface area contributed by atoms with E-state index in [-0.39, 0.29) is 23.5 Å².